The van der Waals surface area contributed by atoms with Crippen LogP contribution in [0.1, 0.15) is 127 Å². The van der Waals surface area contributed by atoms with Gasteiger partial charge in [0.1, 0.15) is 11.7 Å². The molecule has 3 heterocycles. The smallest absolute Gasteiger partial charge is 0.410 e. The molecule has 53 heavy (non-hydrogen) atoms. The fourth-order valence-corrected chi connectivity index (χ4v) is 7.88. The molecule has 0 unspecified atom stereocenters. The molecule has 0 aromatic rings. The number of epoxide rings is 1. The van der Waals surface area contributed by atoms with Gasteiger partial charge in [-0.25, -0.2) is 4.79 Å². The maximum atomic E-state index is 13.5. The maximum Gasteiger partial charge on any atom is 0.410 e. The van der Waals surface area contributed by atoms with Crippen molar-refractivity contribution in [3.63, 3.8) is 0 Å². The zero-order valence-corrected chi connectivity index (χ0v) is 31.9. The predicted octanol–water partition coefficient (Wildman–Crippen LogP) is 6.32. The first-order valence-electron chi connectivity index (χ1n) is 19.5. The molecule has 10 atom stereocenters. The molecule has 0 aromatic carbocycles. The molecule has 0 radical (unpaired) electrons. The number of ether oxygens (including phenoxy) is 3. The summed E-state index contributed by atoms with van der Waals surface area (Å²) in [4.78, 5) is 30.6. The Hall–Kier alpha value is -2.28. The maximum absolute atomic E-state index is 13.5. The number of aliphatic hydroxyl groups excluding tert-OH is 2. The summed E-state index contributed by atoms with van der Waals surface area (Å²) in [5.74, 6) is -0.935. The Bertz CT molecular complexity index is 1220. The molecule has 1 saturated carbocycles. The van der Waals surface area contributed by atoms with Crippen LogP contribution in [0.2, 0.25) is 0 Å². The quantitative estimate of drug-likeness (QED) is 0.0656. The Balaban J connectivity index is 0.00000486. The molecule has 11 nitrogen and oxygen atoms in total. The average molecular weight is 751 g/mol. The van der Waals surface area contributed by atoms with Gasteiger partial charge in [-0.3, -0.25) is 9.69 Å². The molecule has 1 aliphatic carbocycles. The van der Waals surface area contributed by atoms with Gasteiger partial charge in [-0.1, -0.05) is 85.6 Å². The lowest BCUT2D eigenvalue weighted by molar-refractivity contribution is -0.151. The van der Waals surface area contributed by atoms with Crippen LogP contribution in [-0.4, -0.2) is 122 Å². The molecule has 3 fully saturated rings. The van der Waals surface area contributed by atoms with Crippen molar-refractivity contribution in [1.29, 1.82) is 0 Å². The van der Waals surface area contributed by atoms with E-state index in [9.17, 15) is 30.0 Å². The fourth-order valence-electron chi connectivity index (χ4n) is 7.88. The summed E-state index contributed by atoms with van der Waals surface area (Å²) < 4.78 is 17.7. The highest BCUT2D eigenvalue weighted by atomic mass is 16.6. The van der Waals surface area contributed by atoms with Crippen molar-refractivity contribution >= 4 is 12.1 Å². The van der Waals surface area contributed by atoms with Crippen molar-refractivity contribution in [1.82, 2.24) is 9.80 Å². The minimum Gasteiger partial charge on any atom is -0.457 e. The van der Waals surface area contributed by atoms with Crippen LogP contribution in [0.25, 0.3) is 0 Å². The third-order valence-electron chi connectivity index (χ3n) is 11.5. The highest BCUT2D eigenvalue weighted by molar-refractivity contribution is 5.70. The Morgan fingerprint density at radius 3 is 2.38 bits per heavy atom. The summed E-state index contributed by atoms with van der Waals surface area (Å²) in [6.45, 7) is 13.7. The number of cyclic esters (lactones) is 1. The van der Waals surface area contributed by atoms with Crippen LogP contribution in [-0.2, 0) is 19.0 Å². The number of esters is 1. The van der Waals surface area contributed by atoms with Crippen LogP contribution in [0.4, 0.5) is 4.79 Å². The van der Waals surface area contributed by atoms with E-state index in [1.165, 1.54) is 38.5 Å². The molecular formula is C42H74N2O9. The summed E-state index contributed by atoms with van der Waals surface area (Å²) in [6, 6.07) is 0.581. The number of hydrogen-bond acceptors (Lipinski definition) is 10. The van der Waals surface area contributed by atoms with Gasteiger partial charge in [-0.2, -0.15) is 0 Å². The molecule has 4 N–H and O–H groups in total. The largest absolute Gasteiger partial charge is 0.457 e. The van der Waals surface area contributed by atoms with E-state index in [1.54, 1.807) is 49.1 Å². The highest BCUT2D eigenvalue weighted by Gasteiger charge is 2.47. The van der Waals surface area contributed by atoms with Crippen molar-refractivity contribution in [2.24, 2.45) is 11.8 Å². The molecule has 0 spiro atoms. The van der Waals surface area contributed by atoms with Gasteiger partial charge in [0.15, 0.2) is 6.10 Å². The molecule has 1 amide bonds. The first-order chi connectivity index (χ1) is 24.1. The predicted molar refractivity (Wildman–Crippen MR) is 209 cm³/mol. The van der Waals surface area contributed by atoms with Gasteiger partial charge in [0.25, 0.3) is 0 Å². The lowest BCUT2D eigenvalue weighted by Crippen LogP contribution is -2.53. The summed E-state index contributed by atoms with van der Waals surface area (Å²) >= 11 is 0. The number of allylic oxidation sites excluding steroid dienone is 2. The summed E-state index contributed by atoms with van der Waals surface area (Å²) in [5, 5.41) is 43.4. The number of carbonyl (C=O) groups is 2. The number of amides is 1. The zero-order chi connectivity index (χ0) is 37.3. The van der Waals surface area contributed by atoms with Gasteiger partial charge >= 0.3 is 12.1 Å². The lowest BCUT2D eigenvalue weighted by Gasteiger charge is -2.40. The lowest BCUT2D eigenvalue weighted by atomic mass is 9.88. The number of nitrogens with zero attached hydrogens (tertiary/aromatic N) is 2. The van der Waals surface area contributed by atoms with Crippen LogP contribution in [0.5, 0.6) is 0 Å². The second-order valence-corrected chi connectivity index (χ2v) is 16.2. The normalized spacial score (nSPS) is 34.1. The Kier molecular flexibility index (Phi) is 18.7. The number of rotatable bonds is 10. The molecule has 306 valence electrons. The summed E-state index contributed by atoms with van der Waals surface area (Å²) in [6.07, 6.45) is 13.4. The van der Waals surface area contributed by atoms with E-state index >= 15 is 0 Å². The Labute approximate surface area is 320 Å². The molecule has 2 saturated heterocycles. The van der Waals surface area contributed by atoms with Crippen molar-refractivity contribution in [2.75, 3.05) is 26.2 Å². The van der Waals surface area contributed by atoms with Gasteiger partial charge < -0.3 is 39.5 Å². The number of piperazine rings is 1. The molecule has 4 rings (SSSR count). The molecule has 4 aliphatic rings. The van der Waals surface area contributed by atoms with Gasteiger partial charge in [0.2, 0.25) is 0 Å². The number of carbonyl (C=O) groups excluding carboxylic acids is 2. The molecule has 11 heteroatoms. The Morgan fingerprint density at radius 1 is 1.11 bits per heavy atom. The van der Waals surface area contributed by atoms with E-state index in [2.05, 4.69) is 4.90 Å². The van der Waals surface area contributed by atoms with Crippen LogP contribution < -0.4 is 0 Å². The van der Waals surface area contributed by atoms with E-state index < -0.39 is 47.7 Å². The van der Waals surface area contributed by atoms with Gasteiger partial charge in [-0.15, -0.1) is 0 Å². The second kappa shape index (κ2) is 21.1. The molecule has 0 aromatic heterocycles. The fraction of sp³-hybridized carbons (Fsp3) is 0.810. The molecular weight excluding hydrogens is 676 g/mol. The van der Waals surface area contributed by atoms with Gasteiger partial charge in [-0.05, 0) is 64.5 Å². The van der Waals surface area contributed by atoms with Crippen molar-refractivity contribution in [3.8, 4) is 0 Å². The molecule has 3 aliphatic heterocycles. The first kappa shape index (κ1) is 46.9. The van der Waals surface area contributed by atoms with E-state index in [-0.39, 0.29) is 58.2 Å². The van der Waals surface area contributed by atoms with Crippen molar-refractivity contribution in [3.05, 3.63) is 36.0 Å². The van der Waals surface area contributed by atoms with Crippen molar-refractivity contribution < 1.29 is 44.2 Å². The monoisotopic (exact) mass is 751 g/mol. The van der Waals surface area contributed by atoms with Gasteiger partial charge in [0.05, 0.1) is 36.4 Å². The standard InChI is InChI=1S/C40H66N2O9.2CH4/c1-7-32(44)29(4)37-33(49-37)26-39(5,47)19-12-13-27(2)36-28(3)16-17-34(40(6,48)20-18-31(43)25-35(45)51-36)50-38(46)42-23-21-41(22-24-42)30-14-10-8-9-11-15-30;;/h12-13,16-17,19,28-34,36-37,43-44,47-48H,7-11,14-15,18,20-26H2,1-6H3;2*1H4/b17-16+,19-12+,27-13+;;/t28-,29+,31+,32-,33+,34-,36+,37+,39-,40+;;/m0../s1. The third kappa shape index (κ3) is 14.1. The minimum atomic E-state index is -1.48. The third-order valence-corrected chi connectivity index (χ3v) is 11.5. The van der Waals surface area contributed by atoms with E-state index in [1.807, 2.05) is 27.7 Å². The van der Waals surface area contributed by atoms with E-state index in [4.69, 9.17) is 14.2 Å². The highest BCUT2D eigenvalue weighted by Crippen LogP contribution is 2.37. The van der Waals surface area contributed by atoms with Gasteiger partial charge in [0, 0.05) is 50.5 Å². The Morgan fingerprint density at radius 2 is 1.75 bits per heavy atom. The SMILES string of the molecule is C.C.CC[C@H](O)[C@@H](C)[C@H]1O[C@@H]1C[C@@](C)(O)/C=C/C=C(\C)[C@H]1OC(=O)C[C@H](O)CC[C@@](C)(O)[C@@H](OC(=O)N2CCN(C3CCCCCC3)CC2)/C=C/[C@@H]1C. The van der Waals surface area contributed by atoms with Crippen molar-refractivity contribution in [2.45, 2.75) is 181 Å². The average Bonchev–Trinajstić information content (AvgIpc) is 3.89. The summed E-state index contributed by atoms with van der Waals surface area (Å²) in [5.41, 5.74) is -1.92. The number of hydrogen-bond donors (Lipinski definition) is 4. The topological polar surface area (TPSA) is 153 Å². The molecule has 0 bridgehead atoms. The first-order valence-corrected chi connectivity index (χ1v) is 19.5. The summed E-state index contributed by atoms with van der Waals surface area (Å²) in [7, 11) is 0. The zero-order valence-electron chi connectivity index (χ0n) is 31.9. The van der Waals surface area contributed by atoms with Crippen LogP contribution in [0.15, 0.2) is 36.0 Å². The van der Waals surface area contributed by atoms with E-state index in [0.717, 1.165) is 13.1 Å². The van der Waals surface area contributed by atoms with Crippen LogP contribution in [0, 0.1) is 11.8 Å². The van der Waals surface area contributed by atoms with Crippen LogP contribution >= 0.6 is 0 Å². The minimum absolute atomic E-state index is 0. The van der Waals surface area contributed by atoms with Crippen LogP contribution in [0.3, 0.4) is 0 Å². The second-order valence-electron chi connectivity index (χ2n) is 16.2. The van der Waals surface area contributed by atoms with E-state index in [0.29, 0.717) is 37.5 Å². The number of aliphatic hydroxyl groups is 4.